The van der Waals surface area contributed by atoms with Gasteiger partial charge in [0.1, 0.15) is 0 Å². The van der Waals surface area contributed by atoms with Crippen molar-refractivity contribution in [2.75, 3.05) is 0 Å². The number of aromatic nitrogens is 1. The van der Waals surface area contributed by atoms with E-state index in [1.54, 1.807) is 5.32 Å². The maximum Gasteiger partial charge on any atom is 0.430 e. The van der Waals surface area contributed by atoms with E-state index >= 15 is 0 Å². The third kappa shape index (κ3) is 3.96. The van der Waals surface area contributed by atoms with Crippen molar-refractivity contribution in [1.29, 1.82) is 0 Å². The summed E-state index contributed by atoms with van der Waals surface area (Å²) in [5.74, 6) is -1.81. The molecule has 1 heterocycles. The van der Waals surface area contributed by atoms with Gasteiger partial charge in [-0.3, -0.25) is 9.78 Å². The Hall–Kier alpha value is -2.62. The highest BCUT2D eigenvalue weighted by atomic mass is 19.4. The van der Waals surface area contributed by atoms with Gasteiger partial charge in [0.05, 0.1) is 5.56 Å². The Balaban J connectivity index is 2.24. The normalized spacial score (nSPS) is 14.6. The average molecular weight is 378 g/mol. The van der Waals surface area contributed by atoms with Crippen LogP contribution in [0.25, 0.3) is 0 Å². The first-order chi connectivity index (χ1) is 12.0. The third-order valence-electron chi connectivity index (χ3n) is 3.51. The van der Waals surface area contributed by atoms with Crippen LogP contribution in [0.4, 0.5) is 26.3 Å². The molecule has 1 aromatic carbocycles. The summed E-state index contributed by atoms with van der Waals surface area (Å²) >= 11 is 0. The molecule has 0 saturated heterocycles. The average Bonchev–Trinajstić information content (AvgIpc) is 2.58. The first-order valence-corrected chi connectivity index (χ1v) is 7.10. The number of carbonyl (C=O) groups is 1. The number of benzene rings is 1. The zero-order valence-electron chi connectivity index (χ0n) is 12.9. The van der Waals surface area contributed by atoms with Gasteiger partial charge in [-0.25, -0.2) is 0 Å². The number of rotatable bonds is 4. The lowest BCUT2D eigenvalue weighted by Gasteiger charge is -2.29. The molecular formula is C16H12F6N2O2. The molecule has 2 rings (SSSR count). The van der Waals surface area contributed by atoms with E-state index < -0.39 is 41.5 Å². The van der Waals surface area contributed by atoms with E-state index in [9.17, 15) is 36.2 Å². The molecule has 0 bridgehead atoms. The second-order valence-electron chi connectivity index (χ2n) is 5.34. The number of halogens is 6. The maximum absolute atomic E-state index is 13.3. The highest BCUT2D eigenvalue weighted by Crippen LogP contribution is 2.39. The number of hydrogen-bond acceptors (Lipinski definition) is 3. The zero-order chi connectivity index (χ0) is 19.6. The van der Waals surface area contributed by atoms with Gasteiger partial charge < -0.3 is 10.4 Å². The summed E-state index contributed by atoms with van der Waals surface area (Å²) in [5.41, 5.74) is -5.85. The van der Waals surface area contributed by atoms with E-state index in [0.717, 1.165) is 18.3 Å². The van der Waals surface area contributed by atoms with Crippen molar-refractivity contribution in [2.24, 2.45) is 0 Å². The first kappa shape index (κ1) is 19.7. The monoisotopic (exact) mass is 378 g/mol. The van der Waals surface area contributed by atoms with Crippen LogP contribution in [0, 0.1) is 0 Å². The Labute approximate surface area is 143 Å². The zero-order valence-corrected chi connectivity index (χ0v) is 12.9. The van der Waals surface area contributed by atoms with Crippen LogP contribution in [0.3, 0.4) is 0 Å². The van der Waals surface area contributed by atoms with Crippen LogP contribution >= 0.6 is 0 Å². The summed E-state index contributed by atoms with van der Waals surface area (Å²) in [6, 6.07) is 6.28. The Morgan fingerprint density at radius 1 is 1.00 bits per heavy atom. The summed E-state index contributed by atoms with van der Waals surface area (Å²) in [4.78, 5) is 15.4. The van der Waals surface area contributed by atoms with Crippen molar-refractivity contribution in [3.8, 4) is 0 Å². The number of pyridine rings is 1. The van der Waals surface area contributed by atoms with E-state index in [-0.39, 0.29) is 5.56 Å². The van der Waals surface area contributed by atoms with Crippen LogP contribution in [-0.4, -0.2) is 22.2 Å². The SMILES string of the molecule is O=C(NCc1cncc(C(F)(F)F)c1)[C@@](O)(c1ccccc1)C(F)(F)F. The van der Waals surface area contributed by atoms with Gasteiger partial charge in [0.15, 0.2) is 0 Å². The number of nitrogens with one attached hydrogen (secondary N) is 1. The van der Waals surface area contributed by atoms with Gasteiger partial charge >= 0.3 is 12.4 Å². The fourth-order valence-electron chi connectivity index (χ4n) is 2.15. The highest BCUT2D eigenvalue weighted by Gasteiger charge is 2.60. The lowest BCUT2D eigenvalue weighted by atomic mass is 9.92. The van der Waals surface area contributed by atoms with Crippen molar-refractivity contribution in [2.45, 2.75) is 24.5 Å². The number of alkyl halides is 6. The van der Waals surface area contributed by atoms with E-state index in [4.69, 9.17) is 0 Å². The molecule has 0 spiro atoms. The first-order valence-electron chi connectivity index (χ1n) is 7.10. The lowest BCUT2D eigenvalue weighted by Crippen LogP contribution is -2.54. The predicted molar refractivity (Wildman–Crippen MR) is 77.5 cm³/mol. The largest absolute Gasteiger partial charge is 0.430 e. The van der Waals surface area contributed by atoms with Gasteiger partial charge in [-0.1, -0.05) is 30.3 Å². The minimum Gasteiger partial charge on any atom is -0.369 e. The lowest BCUT2D eigenvalue weighted by molar-refractivity contribution is -0.257. The van der Waals surface area contributed by atoms with Gasteiger partial charge in [0.2, 0.25) is 0 Å². The second kappa shape index (κ2) is 6.94. The van der Waals surface area contributed by atoms with Crippen LogP contribution < -0.4 is 5.32 Å². The highest BCUT2D eigenvalue weighted by molar-refractivity contribution is 5.87. The second-order valence-corrected chi connectivity index (χ2v) is 5.34. The van der Waals surface area contributed by atoms with Gasteiger partial charge in [0.25, 0.3) is 11.5 Å². The number of amides is 1. The minimum absolute atomic E-state index is 0.175. The topological polar surface area (TPSA) is 62.2 Å². The Bertz CT molecular complexity index is 776. The van der Waals surface area contributed by atoms with Crippen molar-refractivity contribution in [3.05, 3.63) is 65.5 Å². The van der Waals surface area contributed by atoms with Crippen LogP contribution in [0.2, 0.25) is 0 Å². The smallest absolute Gasteiger partial charge is 0.369 e. The van der Waals surface area contributed by atoms with Crippen molar-refractivity contribution >= 4 is 5.91 Å². The van der Waals surface area contributed by atoms with Crippen molar-refractivity contribution in [1.82, 2.24) is 10.3 Å². The summed E-state index contributed by atoms with van der Waals surface area (Å²) < 4.78 is 77.8. The van der Waals surface area contributed by atoms with E-state index in [2.05, 4.69) is 4.98 Å². The van der Waals surface area contributed by atoms with Gasteiger partial charge in [-0.2, -0.15) is 26.3 Å². The van der Waals surface area contributed by atoms with Crippen LogP contribution in [0.1, 0.15) is 16.7 Å². The molecule has 0 radical (unpaired) electrons. The molecule has 10 heteroatoms. The molecule has 2 N–H and O–H groups in total. The fourth-order valence-corrected chi connectivity index (χ4v) is 2.15. The molecule has 0 aliphatic rings. The summed E-state index contributed by atoms with van der Waals surface area (Å²) in [6.45, 7) is -0.680. The fraction of sp³-hybridized carbons (Fsp3) is 0.250. The Kier molecular flexibility index (Phi) is 5.26. The summed E-state index contributed by atoms with van der Waals surface area (Å²) in [7, 11) is 0. The molecule has 0 unspecified atom stereocenters. The number of aliphatic hydroxyl groups is 1. The van der Waals surface area contributed by atoms with Crippen LogP contribution in [0.5, 0.6) is 0 Å². The molecule has 1 amide bonds. The van der Waals surface area contributed by atoms with Crippen LogP contribution in [0.15, 0.2) is 48.8 Å². The Morgan fingerprint density at radius 3 is 2.15 bits per heavy atom. The third-order valence-corrected chi connectivity index (χ3v) is 3.51. The quantitative estimate of drug-likeness (QED) is 0.804. The predicted octanol–water partition coefficient (Wildman–Crippen LogP) is 3.17. The molecule has 0 aliphatic heterocycles. The van der Waals surface area contributed by atoms with Crippen molar-refractivity contribution < 1.29 is 36.2 Å². The molecule has 2 aromatic rings. The molecule has 4 nitrogen and oxygen atoms in total. The molecule has 1 atom stereocenters. The number of hydrogen-bond donors (Lipinski definition) is 2. The van der Waals surface area contributed by atoms with Crippen LogP contribution in [-0.2, 0) is 23.1 Å². The maximum atomic E-state index is 13.3. The Morgan fingerprint density at radius 2 is 1.62 bits per heavy atom. The minimum atomic E-state index is -5.34. The van der Waals surface area contributed by atoms with Crippen molar-refractivity contribution in [3.63, 3.8) is 0 Å². The summed E-state index contributed by atoms with van der Waals surface area (Å²) in [5, 5.41) is 11.8. The van der Waals surface area contributed by atoms with E-state index in [1.807, 2.05) is 0 Å². The molecule has 0 fully saturated rings. The molecular weight excluding hydrogens is 366 g/mol. The molecule has 0 saturated carbocycles. The number of nitrogens with zero attached hydrogens (tertiary/aromatic N) is 1. The summed E-state index contributed by atoms with van der Waals surface area (Å²) in [6.07, 6.45) is -8.53. The standard InChI is InChI=1S/C16H12F6N2O2/c17-15(18,19)12-6-10(7-23-9-12)8-24-13(25)14(26,16(20,21)22)11-4-2-1-3-5-11/h1-7,9,26H,8H2,(H,24,25)/t14-/m0/s1. The van der Waals surface area contributed by atoms with Gasteiger partial charge in [0, 0.05) is 24.5 Å². The molecule has 140 valence electrons. The van der Waals surface area contributed by atoms with E-state index in [0.29, 0.717) is 12.3 Å². The molecule has 1 aromatic heterocycles. The van der Waals surface area contributed by atoms with E-state index in [1.165, 1.54) is 18.2 Å². The number of carbonyl (C=O) groups excluding carboxylic acids is 1. The van der Waals surface area contributed by atoms with Gasteiger partial charge in [-0.15, -0.1) is 0 Å². The molecule has 0 aliphatic carbocycles. The van der Waals surface area contributed by atoms with Gasteiger partial charge in [-0.05, 0) is 11.6 Å². The molecule has 26 heavy (non-hydrogen) atoms.